The fourth-order valence-electron chi connectivity index (χ4n) is 2.70. The molecule has 0 atom stereocenters. The molecule has 1 saturated carbocycles. The van der Waals surface area contributed by atoms with Crippen LogP contribution < -0.4 is 0 Å². The van der Waals surface area contributed by atoms with E-state index in [0.29, 0.717) is 24.6 Å². The Morgan fingerprint density at radius 2 is 1.82 bits per heavy atom. The third-order valence-electron chi connectivity index (χ3n) is 4.08. The lowest BCUT2D eigenvalue weighted by Crippen LogP contribution is -2.45. The zero-order valence-corrected chi connectivity index (χ0v) is 14.7. The van der Waals surface area contributed by atoms with Crippen LogP contribution in [0.15, 0.2) is 0 Å². The van der Waals surface area contributed by atoms with Gasteiger partial charge in [0, 0.05) is 30.2 Å². The second kappa shape index (κ2) is 8.37. The topological polar surface area (TPSA) is 40.5 Å². The molecule has 0 radical (unpaired) electrons. The molecular weight excluding hydrogens is 308 g/mol. The minimum Gasteiger partial charge on any atom is -0.465 e. The van der Waals surface area contributed by atoms with E-state index in [1.54, 1.807) is 11.8 Å². The summed E-state index contributed by atoms with van der Waals surface area (Å²) in [5.41, 5.74) is -0.367. The summed E-state index contributed by atoms with van der Waals surface area (Å²) >= 11 is 1.81. The fraction of sp³-hybridized carbons (Fsp3) is 0.938. The Morgan fingerprint density at radius 3 is 2.32 bits per heavy atom. The van der Waals surface area contributed by atoms with Crippen molar-refractivity contribution in [3.63, 3.8) is 0 Å². The monoisotopic (exact) mass is 337 g/mol. The molecule has 1 amide bonds. The predicted octanol–water partition coefficient (Wildman–Crippen LogP) is 5.25. The summed E-state index contributed by atoms with van der Waals surface area (Å²) in [6, 6.07) is 0. The van der Waals surface area contributed by atoms with Gasteiger partial charge in [-0.2, -0.15) is 11.8 Å². The van der Waals surface area contributed by atoms with E-state index in [1.807, 2.05) is 20.8 Å². The number of hydrogen-bond acceptors (Lipinski definition) is 2. The Balaban J connectivity index is 2.10. The minimum absolute atomic E-state index is 0.0316. The SMILES string of the molecule is CC(C)(C)N(CCCCCSC1CCC(F)(F)CC1)C(=O)O. The van der Waals surface area contributed by atoms with Crippen LogP contribution in [0, 0.1) is 0 Å². The molecule has 0 unspecified atom stereocenters. The van der Waals surface area contributed by atoms with Crippen LogP contribution in [0.3, 0.4) is 0 Å². The van der Waals surface area contributed by atoms with Gasteiger partial charge < -0.3 is 10.0 Å². The summed E-state index contributed by atoms with van der Waals surface area (Å²) in [5.74, 6) is -1.46. The normalized spacial score (nSPS) is 19.1. The van der Waals surface area contributed by atoms with E-state index in [1.165, 1.54) is 4.90 Å². The van der Waals surface area contributed by atoms with Crippen LogP contribution in [0.5, 0.6) is 0 Å². The van der Waals surface area contributed by atoms with Gasteiger partial charge in [0.2, 0.25) is 5.92 Å². The number of nitrogens with zero attached hydrogens (tertiary/aromatic N) is 1. The highest BCUT2D eigenvalue weighted by Crippen LogP contribution is 2.38. The van der Waals surface area contributed by atoms with Crippen molar-refractivity contribution < 1.29 is 18.7 Å². The molecule has 1 aliphatic carbocycles. The lowest BCUT2D eigenvalue weighted by atomic mass is 9.96. The van der Waals surface area contributed by atoms with E-state index in [-0.39, 0.29) is 18.4 Å². The molecule has 1 fully saturated rings. The standard InChI is InChI=1S/C16H29F2NO2S/c1-15(2,3)19(14(20)21)11-5-4-6-12-22-13-7-9-16(17,18)10-8-13/h13H,4-12H2,1-3H3,(H,20,21). The van der Waals surface area contributed by atoms with Crippen molar-refractivity contribution in [2.45, 2.75) is 82.4 Å². The van der Waals surface area contributed by atoms with Crippen LogP contribution in [-0.4, -0.2) is 45.1 Å². The van der Waals surface area contributed by atoms with Crippen molar-refractivity contribution in [2.24, 2.45) is 0 Å². The van der Waals surface area contributed by atoms with Crippen LogP contribution in [0.2, 0.25) is 0 Å². The molecule has 22 heavy (non-hydrogen) atoms. The molecule has 0 heterocycles. The van der Waals surface area contributed by atoms with Gasteiger partial charge in [-0.15, -0.1) is 0 Å². The molecule has 0 spiro atoms. The van der Waals surface area contributed by atoms with Crippen molar-refractivity contribution in [3.05, 3.63) is 0 Å². The number of thioether (sulfide) groups is 1. The molecule has 3 nitrogen and oxygen atoms in total. The largest absolute Gasteiger partial charge is 0.465 e. The lowest BCUT2D eigenvalue weighted by molar-refractivity contribution is -0.0323. The molecule has 130 valence electrons. The molecule has 0 saturated heterocycles. The van der Waals surface area contributed by atoms with Crippen molar-refractivity contribution in [1.29, 1.82) is 0 Å². The summed E-state index contributed by atoms with van der Waals surface area (Å²) in [6.07, 6.45) is 3.29. The van der Waals surface area contributed by atoms with Crippen LogP contribution in [-0.2, 0) is 0 Å². The van der Waals surface area contributed by atoms with E-state index in [9.17, 15) is 18.7 Å². The highest BCUT2D eigenvalue weighted by atomic mass is 32.2. The quantitative estimate of drug-likeness (QED) is 0.645. The van der Waals surface area contributed by atoms with Crippen molar-refractivity contribution >= 4 is 17.9 Å². The maximum atomic E-state index is 13.0. The van der Waals surface area contributed by atoms with Gasteiger partial charge in [-0.1, -0.05) is 6.42 Å². The molecular formula is C16H29F2NO2S. The summed E-state index contributed by atoms with van der Waals surface area (Å²) < 4.78 is 26.1. The van der Waals surface area contributed by atoms with Crippen molar-refractivity contribution in [1.82, 2.24) is 4.90 Å². The third-order valence-corrected chi connectivity index (χ3v) is 5.55. The minimum atomic E-state index is -2.44. The van der Waals surface area contributed by atoms with Crippen LogP contribution in [0.1, 0.15) is 65.7 Å². The Bertz CT molecular complexity index is 349. The van der Waals surface area contributed by atoms with Crippen LogP contribution in [0.4, 0.5) is 13.6 Å². The fourth-order valence-corrected chi connectivity index (χ4v) is 3.97. The summed E-state index contributed by atoms with van der Waals surface area (Å²) in [4.78, 5) is 12.7. The van der Waals surface area contributed by atoms with E-state index in [4.69, 9.17) is 0 Å². The number of carboxylic acid groups (broad SMARTS) is 1. The molecule has 1 rings (SSSR count). The van der Waals surface area contributed by atoms with E-state index >= 15 is 0 Å². The van der Waals surface area contributed by atoms with Gasteiger partial charge in [0.25, 0.3) is 0 Å². The summed E-state index contributed by atoms with van der Waals surface area (Å²) in [6.45, 7) is 6.25. The molecule has 0 aromatic carbocycles. The van der Waals surface area contributed by atoms with E-state index in [0.717, 1.165) is 25.0 Å². The van der Waals surface area contributed by atoms with E-state index in [2.05, 4.69) is 0 Å². The van der Waals surface area contributed by atoms with Crippen molar-refractivity contribution in [2.75, 3.05) is 12.3 Å². The average Bonchev–Trinajstić information content (AvgIpc) is 2.37. The van der Waals surface area contributed by atoms with Gasteiger partial charge >= 0.3 is 6.09 Å². The molecule has 1 N–H and O–H groups in total. The Kier molecular flexibility index (Phi) is 7.42. The number of amides is 1. The number of rotatable bonds is 7. The van der Waals surface area contributed by atoms with Gasteiger partial charge in [-0.3, -0.25) is 0 Å². The first kappa shape index (κ1) is 19.5. The number of carbonyl (C=O) groups is 1. The first-order valence-corrected chi connectivity index (χ1v) is 9.17. The summed E-state index contributed by atoms with van der Waals surface area (Å²) in [7, 11) is 0. The first-order chi connectivity index (χ1) is 10.1. The van der Waals surface area contributed by atoms with Gasteiger partial charge in [-0.25, -0.2) is 13.6 Å². The maximum Gasteiger partial charge on any atom is 0.407 e. The van der Waals surface area contributed by atoms with Crippen molar-refractivity contribution in [3.8, 4) is 0 Å². The van der Waals surface area contributed by atoms with Gasteiger partial charge in [-0.05, 0) is 52.2 Å². The zero-order valence-electron chi connectivity index (χ0n) is 13.9. The maximum absolute atomic E-state index is 13.0. The molecule has 6 heteroatoms. The summed E-state index contributed by atoms with van der Waals surface area (Å²) in [5, 5.41) is 9.56. The number of unbranched alkanes of at least 4 members (excludes halogenated alkanes) is 2. The highest BCUT2D eigenvalue weighted by Gasteiger charge is 2.34. The molecule has 0 aromatic rings. The second-order valence-electron chi connectivity index (χ2n) is 7.09. The smallest absolute Gasteiger partial charge is 0.407 e. The van der Waals surface area contributed by atoms with Gasteiger partial charge in [0.1, 0.15) is 0 Å². The highest BCUT2D eigenvalue weighted by molar-refractivity contribution is 7.99. The van der Waals surface area contributed by atoms with Gasteiger partial charge in [0.15, 0.2) is 0 Å². The van der Waals surface area contributed by atoms with Crippen LogP contribution >= 0.6 is 11.8 Å². The zero-order chi connectivity index (χ0) is 16.8. The van der Waals surface area contributed by atoms with Crippen LogP contribution in [0.25, 0.3) is 0 Å². The average molecular weight is 337 g/mol. The second-order valence-corrected chi connectivity index (χ2v) is 8.50. The molecule has 1 aliphatic rings. The number of alkyl halides is 2. The van der Waals surface area contributed by atoms with Gasteiger partial charge in [0.05, 0.1) is 0 Å². The Hall–Kier alpha value is -0.520. The van der Waals surface area contributed by atoms with E-state index < -0.39 is 12.0 Å². The Labute approximate surface area is 136 Å². The molecule has 0 aliphatic heterocycles. The lowest BCUT2D eigenvalue weighted by Gasteiger charge is -2.33. The first-order valence-electron chi connectivity index (χ1n) is 8.12. The Morgan fingerprint density at radius 1 is 1.23 bits per heavy atom. The molecule has 0 bridgehead atoms. The number of hydrogen-bond donors (Lipinski definition) is 1. The predicted molar refractivity (Wildman–Crippen MR) is 88.0 cm³/mol. The molecule has 0 aromatic heterocycles. The number of halogens is 2. The third kappa shape index (κ3) is 7.16.